The number of thiazole rings is 1. The molecule has 1 fully saturated rings. The second-order valence-electron chi connectivity index (χ2n) is 4.70. The fraction of sp³-hybridized carbons (Fsp3) is 0.429. The maximum absolute atomic E-state index is 11.8. The van der Waals surface area contributed by atoms with E-state index in [1.54, 1.807) is 0 Å². The molecule has 100 valence electrons. The highest BCUT2D eigenvalue weighted by Gasteiger charge is 2.29. The minimum atomic E-state index is 0.0140. The van der Waals surface area contributed by atoms with Gasteiger partial charge in [0.2, 0.25) is 0 Å². The topological polar surface area (TPSA) is 43.6 Å². The van der Waals surface area contributed by atoms with E-state index in [1.807, 2.05) is 36.7 Å². The smallest absolute Gasteiger partial charge is 0.251 e. The Balaban J connectivity index is 2.14. The summed E-state index contributed by atoms with van der Waals surface area (Å²) in [6.07, 6.45) is 1.97. The number of hydrogen-bond acceptors (Lipinski definition) is 3. The number of para-hydroxylation sites is 1. The summed E-state index contributed by atoms with van der Waals surface area (Å²) in [5, 5.41) is 0. The third-order valence-corrected chi connectivity index (χ3v) is 4.31. The Labute approximate surface area is 115 Å². The van der Waals surface area contributed by atoms with E-state index in [0.29, 0.717) is 6.61 Å². The van der Waals surface area contributed by atoms with Gasteiger partial charge in [0, 0.05) is 13.0 Å². The van der Waals surface area contributed by atoms with Crippen molar-refractivity contribution in [1.82, 2.24) is 4.57 Å². The molecule has 1 aromatic heterocycles. The molecule has 1 aliphatic carbocycles. The summed E-state index contributed by atoms with van der Waals surface area (Å²) < 4.78 is 8.68. The molecule has 1 amide bonds. The Kier molecular flexibility index (Phi) is 3.14. The summed E-state index contributed by atoms with van der Waals surface area (Å²) in [6.45, 7) is 2.59. The molecule has 1 heterocycles. The molecule has 0 bridgehead atoms. The van der Waals surface area contributed by atoms with Crippen molar-refractivity contribution in [3.8, 4) is 5.75 Å². The lowest BCUT2D eigenvalue weighted by Crippen LogP contribution is -2.14. The molecule has 1 aromatic carbocycles. The van der Waals surface area contributed by atoms with Crippen molar-refractivity contribution in [1.29, 1.82) is 0 Å². The molecule has 1 aliphatic rings. The summed E-state index contributed by atoms with van der Waals surface area (Å²) in [6, 6.07) is 5.95. The van der Waals surface area contributed by atoms with E-state index in [9.17, 15) is 4.79 Å². The maximum atomic E-state index is 11.8. The van der Waals surface area contributed by atoms with Gasteiger partial charge in [-0.25, -0.2) is 0 Å². The Morgan fingerprint density at radius 1 is 1.53 bits per heavy atom. The van der Waals surface area contributed by atoms with Gasteiger partial charge in [-0.1, -0.05) is 17.4 Å². The zero-order chi connectivity index (χ0) is 13.4. The Morgan fingerprint density at radius 3 is 3.00 bits per heavy atom. The van der Waals surface area contributed by atoms with Crippen LogP contribution in [-0.2, 0) is 11.8 Å². The molecule has 2 aromatic rings. The standard InChI is InChI=1S/C14H16N2O2S/c1-3-18-10-5-4-6-11-12(10)16(2)14(19-11)15-13(17)9-7-8-9/h4-6,9H,3,7-8H2,1-2H3. The van der Waals surface area contributed by atoms with Crippen molar-refractivity contribution in [2.45, 2.75) is 19.8 Å². The normalized spacial score (nSPS) is 16.0. The molecule has 0 N–H and O–H groups in total. The highest BCUT2D eigenvalue weighted by Crippen LogP contribution is 2.30. The predicted molar refractivity (Wildman–Crippen MR) is 75.3 cm³/mol. The van der Waals surface area contributed by atoms with Crippen LogP contribution in [0.15, 0.2) is 23.2 Å². The number of amides is 1. The lowest BCUT2D eigenvalue weighted by atomic mass is 10.3. The largest absolute Gasteiger partial charge is 0.492 e. The van der Waals surface area contributed by atoms with Crippen LogP contribution in [0.3, 0.4) is 0 Å². The van der Waals surface area contributed by atoms with Gasteiger partial charge in [-0.05, 0) is 31.9 Å². The van der Waals surface area contributed by atoms with Gasteiger partial charge < -0.3 is 9.30 Å². The van der Waals surface area contributed by atoms with Gasteiger partial charge in [-0.2, -0.15) is 4.99 Å². The lowest BCUT2D eigenvalue weighted by molar-refractivity contribution is -0.119. The SMILES string of the molecule is CCOc1cccc2sc(=NC(=O)C3CC3)n(C)c12. The van der Waals surface area contributed by atoms with Crippen LogP contribution in [0.4, 0.5) is 0 Å². The molecule has 0 spiro atoms. The molecule has 19 heavy (non-hydrogen) atoms. The zero-order valence-corrected chi connectivity index (χ0v) is 11.9. The molecular formula is C14H16N2O2S. The van der Waals surface area contributed by atoms with Crippen LogP contribution in [0.2, 0.25) is 0 Å². The van der Waals surface area contributed by atoms with Crippen molar-refractivity contribution in [2.24, 2.45) is 18.0 Å². The number of ether oxygens (including phenoxy) is 1. The molecular weight excluding hydrogens is 260 g/mol. The van der Waals surface area contributed by atoms with E-state index >= 15 is 0 Å². The maximum Gasteiger partial charge on any atom is 0.251 e. The molecule has 0 atom stereocenters. The first-order chi connectivity index (χ1) is 9.20. The van der Waals surface area contributed by atoms with Crippen molar-refractivity contribution in [2.75, 3.05) is 6.61 Å². The molecule has 3 rings (SSSR count). The minimum Gasteiger partial charge on any atom is -0.492 e. The molecule has 0 aliphatic heterocycles. The van der Waals surface area contributed by atoms with Gasteiger partial charge in [0.15, 0.2) is 4.80 Å². The molecule has 0 radical (unpaired) electrons. The van der Waals surface area contributed by atoms with Crippen molar-refractivity contribution in [3.05, 3.63) is 23.0 Å². The highest BCUT2D eigenvalue weighted by atomic mass is 32.1. The van der Waals surface area contributed by atoms with E-state index in [1.165, 1.54) is 11.3 Å². The summed E-state index contributed by atoms with van der Waals surface area (Å²) in [4.78, 5) is 16.8. The Morgan fingerprint density at radius 2 is 2.32 bits per heavy atom. The number of carbonyl (C=O) groups excluding carboxylic acids is 1. The lowest BCUT2D eigenvalue weighted by Gasteiger charge is -2.05. The number of carbonyl (C=O) groups is 1. The minimum absolute atomic E-state index is 0.0140. The number of hydrogen-bond donors (Lipinski definition) is 0. The van der Waals surface area contributed by atoms with Gasteiger partial charge in [0.1, 0.15) is 11.3 Å². The third-order valence-electron chi connectivity index (χ3n) is 3.22. The van der Waals surface area contributed by atoms with Gasteiger partial charge in [0.05, 0.1) is 11.3 Å². The van der Waals surface area contributed by atoms with Crippen LogP contribution < -0.4 is 9.54 Å². The second-order valence-corrected chi connectivity index (χ2v) is 5.71. The van der Waals surface area contributed by atoms with Gasteiger partial charge in [-0.15, -0.1) is 0 Å². The second kappa shape index (κ2) is 4.81. The van der Waals surface area contributed by atoms with Crippen molar-refractivity contribution < 1.29 is 9.53 Å². The van der Waals surface area contributed by atoms with E-state index in [-0.39, 0.29) is 11.8 Å². The van der Waals surface area contributed by atoms with Gasteiger partial charge >= 0.3 is 0 Å². The van der Waals surface area contributed by atoms with Crippen LogP contribution >= 0.6 is 11.3 Å². The first-order valence-corrected chi connectivity index (χ1v) is 7.32. The summed E-state index contributed by atoms with van der Waals surface area (Å²) >= 11 is 1.53. The summed E-state index contributed by atoms with van der Waals surface area (Å²) in [5.41, 5.74) is 1.01. The monoisotopic (exact) mass is 276 g/mol. The summed E-state index contributed by atoms with van der Waals surface area (Å²) in [5.74, 6) is 1.02. The number of nitrogens with zero attached hydrogens (tertiary/aromatic N) is 2. The zero-order valence-electron chi connectivity index (χ0n) is 11.0. The van der Waals surface area contributed by atoms with E-state index in [2.05, 4.69) is 4.99 Å². The van der Waals surface area contributed by atoms with Gasteiger partial charge in [-0.3, -0.25) is 4.79 Å². The molecule has 0 unspecified atom stereocenters. The first kappa shape index (κ1) is 12.4. The summed E-state index contributed by atoms with van der Waals surface area (Å²) in [7, 11) is 1.93. The van der Waals surface area contributed by atoms with Crippen molar-refractivity contribution >= 4 is 27.5 Å². The fourth-order valence-electron chi connectivity index (χ4n) is 2.06. The number of rotatable bonds is 3. The number of benzene rings is 1. The third kappa shape index (κ3) is 2.30. The molecule has 4 nitrogen and oxygen atoms in total. The van der Waals surface area contributed by atoms with E-state index in [4.69, 9.17) is 4.74 Å². The Bertz CT molecular complexity index is 695. The first-order valence-electron chi connectivity index (χ1n) is 6.50. The highest BCUT2D eigenvalue weighted by molar-refractivity contribution is 7.16. The number of fused-ring (bicyclic) bond motifs is 1. The average Bonchev–Trinajstić information content (AvgIpc) is 3.18. The van der Waals surface area contributed by atoms with Crippen LogP contribution in [0.25, 0.3) is 10.2 Å². The van der Waals surface area contributed by atoms with Crippen molar-refractivity contribution in [3.63, 3.8) is 0 Å². The molecule has 1 saturated carbocycles. The average molecular weight is 276 g/mol. The predicted octanol–water partition coefficient (Wildman–Crippen LogP) is 2.48. The van der Waals surface area contributed by atoms with Crippen LogP contribution in [-0.4, -0.2) is 17.1 Å². The van der Waals surface area contributed by atoms with Crippen LogP contribution in [0.1, 0.15) is 19.8 Å². The van der Waals surface area contributed by atoms with E-state index in [0.717, 1.165) is 33.6 Å². The number of aryl methyl sites for hydroxylation is 1. The number of aromatic nitrogens is 1. The quantitative estimate of drug-likeness (QED) is 0.864. The fourth-order valence-corrected chi connectivity index (χ4v) is 3.10. The van der Waals surface area contributed by atoms with Crippen LogP contribution in [0, 0.1) is 5.92 Å². The Hall–Kier alpha value is -1.62. The molecule has 0 saturated heterocycles. The molecule has 5 heteroatoms. The van der Waals surface area contributed by atoms with Crippen LogP contribution in [0.5, 0.6) is 5.75 Å². The van der Waals surface area contributed by atoms with E-state index < -0.39 is 0 Å². The van der Waals surface area contributed by atoms with Gasteiger partial charge in [0.25, 0.3) is 5.91 Å².